The molecule has 1 N–H and O–H groups in total. The summed E-state index contributed by atoms with van der Waals surface area (Å²) in [5.74, 6) is 2.19. The number of nitrogens with one attached hydrogen (secondary N) is 1. The molecular formula is C25H31N3O3S. The third kappa shape index (κ3) is 4.58. The fourth-order valence-electron chi connectivity index (χ4n) is 4.41. The van der Waals surface area contributed by atoms with E-state index in [9.17, 15) is 9.59 Å². The van der Waals surface area contributed by atoms with Crippen molar-refractivity contribution in [3.8, 4) is 5.75 Å². The van der Waals surface area contributed by atoms with Crippen LogP contribution in [0.3, 0.4) is 0 Å². The average molecular weight is 454 g/mol. The third-order valence-corrected chi connectivity index (χ3v) is 7.97. The van der Waals surface area contributed by atoms with Gasteiger partial charge in [-0.2, -0.15) is 0 Å². The Morgan fingerprint density at radius 3 is 2.25 bits per heavy atom. The molecule has 0 radical (unpaired) electrons. The van der Waals surface area contributed by atoms with E-state index in [4.69, 9.17) is 4.74 Å². The number of benzene rings is 2. The molecule has 0 bridgehead atoms. The zero-order valence-electron chi connectivity index (χ0n) is 19.0. The van der Waals surface area contributed by atoms with Crippen LogP contribution < -0.4 is 10.1 Å². The van der Waals surface area contributed by atoms with Gasteiger partial charge in [0.15, 0.2) is 0 Å². The summed E-state index contributed by atoms with van der Waals surface area (Å²) in [6.45, 7) is 6.32. The summed E-state index contributed by atoms with van der Waals surface area (Å²) in [5, 5.41) is 3.02. The van der Waals surface area contributed by atoms with Crippen LogP contribution in [0.4, 0.5) is 10.5 Å². The Hall–Kier alpha value is -2.67. The molecule has 2 aromatic rings. The van der Waals surface area contributed by atoms with Crippen LogP contribution in [-0.2, 0) is 0 Å². The molecule has 2 heterocycles. The number of nitrogens with zero attached hydrogens (tertiary/aromatic N) is 2. The van der Waals surface area contributed by atoms with Crippen LogP contribution in [0.5, 0.6) is 5.75 Å². The normalized spacial score (nSPS) is 17.6. The minimum absolute atomic E-state index is 0.0563. The molecule has 170 valence electrons. The van der Waals surface area contributed by atoms with Crippen molar-refractivity contribution in [3.63, 3.8) is 0 Å². The Morgan fingerprint density at radius 2 is 1.66 bits per heavy atom. The van der Waals surface area contributed by atoms with Crippen LogP contribution >= 0.6 is 11.8 Å². The number of urea groups is 1. The van der Waals surface area contributed by atoms with Crippen molar-refractivity contribution >= 4 is 29.4 Å². The summed E-state index contributed by atoms with van der Waals surface area (Å²) in [6.07, 6.45) is 1.55. The maximum absolute atomic E-state index is 13.2. The zero-order valence-corrected chi connectivity index (χ0v) is 19.8. The van der Waals surface area contributed by atoms with Crippen molar-refractivity contribution in [2.45, 2.75) is 37.5 Å². The van der Waals surface area contributed by atoms with Gasteiger partial charge in [0.1, 0.15) is 5.75 Å². The lowest BCUT2D eigenvalue weighted by Crippen LogP contribution is -2.54. The van der Waals surface area contributed by atoms with Crippen LogP contribution in [0.25, 0.3) is 0 Å². The van der Waals surface area contributed by atoms with E-state index in [1.54, 1.807) is 7.11 Å². The SMILES string of the molecule is COc1ccc(C(=O)N2CCSC23CCN(C(=O)Nc2ccc(C(C)C)cc2)CC3)cc1. The van der Waals surface area contributed by atoms with Crippen molar-refractivity contribution in [3.05, 3.63) is 59.7 Å². The van der Waals surface area contributed by atoms with Gasteiger partial charge in [-0.3, -0.25) is 4.79 Å². The minimum Gasteiger partial charge on any atom is -0.497 e. The molecule has 2 aromatic carbocycles. The number of carbonyl (C=O) groups is 2. The second kappa shape index (κ2) is 9.45. The summed E-state index contributed by atoms with van der Waals surface area (Å²) in [6, 6.07) is 15.3. The van der Waals surface area contributed by atoms with Crippen molar-refractivity contribution in [2.75, 3.05) is 37.8 Å². The lowest BCUT2D eigenvalue weighted by Gasteiger charge is -2.44. The molecule has 7 heteroatoms. The van der Waals surface area contributed by atoms with Crippen molar-refractivity contribution in [1.29, 1.82) is 0 Å². The van der Waals surface area contributed by atoms with Gasteiger partial charge in [-0.05, 0) is 60.7 Å². The Bertz CT molecular complexity index is 951. The Morgan fingerprint density at radius 1 is 1.00 bits per heavy atom. The number of ether oxygens (including phenoxy) is 1. The van der Waals surface area contributed by atoms with Gasteiger partial charge in [-0.25, -0.2) is 4.79 Å². The van der Waals surface area contributed by atoms with Gasteiger partial charge in [0.05, 0.1) is 12.0 Å². The number of rotatable bonds is 4. The molecule has 0 aliphatic carbocycles. The molecule has 2 saturated heterocycles. The average Bonchev–Trinajstić information content (AvgIpc) is 3.22. The predicted molar refractivity (Wildman–Crippen MR) is 130 cm³/mol. The van der Waals surface area contributed by atoms with Gasteiger partial charge in [-0.1, -0.05) is 26.0 Å². The summed E-state index contributed by atoms with van der Waals surface area (Å²) in [7, 11) is 1.62. The Labute approximate surface area is 194 Å². The fraction of sp³-hybridized carbons (Fsp3) is 0.440. The second-order valence-electron chi connectivity index (χ2n) is 8.67. The van der Waals surface area contributed by atoms with Crippen molar-refractivity contribution < 1.29 is 14.3 Å². The highest BCUT2D eigenvalue weighted by Crippen LogP contribution is 2.44. The summed E-state index contributed by atoms with van der Waals surface area (Å²) in [4.78, 5) is 29.7. The molecule has 4 rings (SSSR count). The summed E-state index contributed by atoms with van der Waals surface area (Å²) in [5.41, 5.74) is 2.74. The molecule has 2 aliphatic heterocycles. The Balaban J connectivity index is 1.37. The largest absolute Gasteiger partial charge is 0.497 e. The van der Waals surface area contributed by atoms with Crippen LogP contribution in [0.1, 0.15) is 48.5 Å². The van der Waals surface area contributed by atoms with Gasteiger partial charge >= 0.3 is 6.03 Å². The van der Waals surface area contributed by atoms with E-state index in [1.807, 2.05) is 58.0 Å². The highest BCUT2D eigenvalue weighted by Gasteiger charge is 2.47. The van der Waals surface area contributed by atoms with E-state index in [1.165, 1.54) is 5.56 Å². The number of carbonyl (C=O) groups excluding carboxylic acids is 2. The quantitative estimate of drug-likeness (QED) is 0.705. The van der Waals surface area contributed by atoms with E-state index in [2.05, 4.69) is 31.3 Å². The number of piperidine rings is 1. The molecule has 0 aromatic heterocycles. The molecule has 0 unspecified atom stereocenters. The number of anilines is 1. The Kier molecular flexibility index (Phi) is 6.65. The molecule has 0 atom stereocenters. The molecule has 3 amide bonds. The van der Waals surface area contributed by atoms with E-state index >= 15 is 0 Å². The zero-order chi connectivity index (χ0) is 22.7. The highest BCUT2D eigenvalue weighted by molar-refractivity contribution is 8.00. The molecule has 32 heavy (non-hydrogen) atoms. The first-order valence-corrected chi connectivity index (χ1v) is 12.2. The second-order valence-corrected chi connectivity index (χ2v) is 10.1. The lowest BCUT2D eigenvalue weighted by molar-refractivity contribution is 0.0585. The maximum Gasteiger partial charge on any atom is 0.321 e. The molecule has 2 aliphatic rings. The van der Waals surface area contributed by atoms with Gasteiger partial charge in [0.2, 0.25) is 0 Å². The molecular weight excluding hydrogens is 422 g/mol. The van der Waals surface area contributed by atoms with Crippen LogP contribution in [0, 0.1) is 0 Å². The number of methoxy groups -OCH3 is 1. The first-order chi connectivity index (χ1) is 15.4. The molecule has 1 spiro atoms. The number of thioether (sulfide) groups is 1. The van der Waals surface area contributed by atoms with Crippen LogP contribution in [0.2, 0.25) is 0 Å². The first kappa shape index (κ1) is 22.5. The maximum atomic E-state index is 13.2. The fourth-order valence-corrected chi connectivity index (χ4v) is 5.87. The highest BCUT2D eigenvalue weighted by atomic mass is 32.2. The first-order valence-electron chi connectivity index (χ1n) is 11.2. The number of likely N-dealkylation sites (tertiary alicyclic amines) is 1. The number of amides is 3. The third-order valence-electron chi connectivity index (χ3n) is 6.42. The number of hydrogen-bond acceptors (Lipinski definition) is 4. The van der Waals surface area contributed by atoms with Gasteiger partial charge in [-0.15, -0.1) is 11.8 Å². The summed E-state index contributed by atoms with van der Waals surface area (Å²) < 4.78 is 5.20. The van der Waals surface area contributed by atoms with Crippen molar-refractivity contribution in [2.24, 2.45) is 0 Å². The predicted octanol–water partition coefficient (Wildman–Crippen LogP) is 5.03. The molecule has 6 nitrogen and oxygen atoms in total. The van der Waals surface area contributed by atoms with Gasteiger partial charge in [0.25, 0.3) is 5.91 Å². The topological polar surface area (TPSA) is 61.9 Å². The van der Waals surface area contributed by atoms with E-state index in [-0.39, 0.29) is 16.8 Å². The van der Waals surface area contributed by atoms with Gasteiger partial charge < -0.3 is 19.9 Å². The summed E-state index contributed by atoms with van der Waals surface area (Å²) >= 11 is 1.85. The molecule has 2 fully saturated rings. The van der Waals surface area contributed by atoms with Crippen molar-refractivity contribution in [1.82, 2.24) is 9.80 Å². The standard InChI is InChI=1S/C25H31N3O3S/c1-18(2)19-4-8-21(9-5-19)26-24(30)27-14-12-25(13-15-27)28(16-17-32-25)23(29)20-6-10-22(31-3)11-7-20/h4-11,18H,12-17H2,1-3H3,(H,26,30). The minimum atomic E-state index is -0.229. The number of hydrogen-bond donors (Lipinski definition) is 1. The van der Waals surface area contributed by atoms with E-state index in [0.29, 0.717) is 24.6 Å². The van der Waals surface area contributed by atoms with E-state index in [0.717, 1.165) is 36.6 Å². The van der Waals surface area contributed by atoms with Crippen LogP contribution in [0.15, 0.2) is 48.5 Å². The lowest BCUT2D eigenvalue weighted by atomic mass is 10.0. The monoisotopic (exact) mass is 453 g/mol. The van der Waals surface area contributed by atoms with Crippen LogP contribution in [-0.4, -0.2) is 59.1 Å². The smallest absolute Gasteiger partial charge is 0.321 e. The van der Waals surface area contributed by atoms with E-state index < -0.39 is 0 Å². The van der Waals surface area contributed by atoms with Gasteiger partial charge in [0, 0.05) is 36.6 Å². The molecule has 0 saturated carbocycles.